The van der Waals surface area contributed by atoms with Crippen LogP contribution in [0.25, 0.3) is 0 Å². The number of likely N-dealkylation sites (tertiary alicyclic amines) is 1. The first kappa shape index (κ1) is 15.5. The normalized spacial score (nSPS) is 25.2. The summed E-state index contributed by atoms with van der Waals surface area (Å²) in [4.78, 5) is 2.66. The molecule has 1 aliphatic rings. The Kier molecular flexibility index (Phi) is 5.62. The highest BCUT2D eigenvalue weighted by atomic mass is 15.2. The van der Waals surface area contributed by atoms with Gasteiger partial charge in [-0.1, -0.05) is 58.0 Å². The molecule has 2 rings (SSSR count). The predicted octanol–water partition coefficient (Wildman–Crippen LogP) is 3.56. The van der Waals surface area contributed by atoms with Gasteiger partial charge in [0.15, 0.2) is 0 Å². The standard InChI is InChI=1S/C18H30N2/c1-14(2)10-19-11-18(17-8-6-5-7-9-17)20-12-15(3)16(4)13-20/h5-9,14-16,18-19H,10-13H2,1-4H3. The Balaban J connectivity index is 2.04. The topological polar surface area (TPSA) is 15.3 Å². The molecule has 1 aliphatic heterocycles. The molecule has 20 heavy (non-hydrogen) atoms. The van der Waals surface area contributed by atoms with Crippen molar-refractivity contribution in [1.82, 2.24) is 10.2 Å². The smallest absolute Gasteiger partial charge is 0.0472 e. The lowest BCUT2D eigenvalue weighted by Gasteiger charge is -2.29. The summed E-state index contributed by atoms with van der Waals surface area (Å²) in [5.41, 5.74) is 1.45. The number of benzene rings is 1. The van der Waals surface area contributed by atoms with E-state index in [1.54, 1.807) is 0 Å². The van der Waals surface area contributed by atoms with E-state index in [2.05, 4.69) is 68.2 Å². The maximum absolute atomic E-state index is 3.65. The molecule has 0 aromatic heterocycles. The molecule has 0 amide bonds. The van der Waals surface area contributed by atoms with Crippen molar-refractivity contribution >= 4 is 0 Å². The van der Waals surface area contributed by atoms with Crippen molar-refractivity contribution in [2.24, 2.45) is 17.8 Å². The average molecular weight is 274 g/mol. The zero-order valence-electron chi connectivity index (χ0n) is 13.5. The second-order valence-corrected chi connectivity index (χ2v) is 6.89. The van der Waals surface area contributed by atoms with Gasteiger partial charge in [-0.25, -0.2) is 0 Å². The third kappa shape index (κ3) is 4.07. The van der Waals surface area contributed by atoms with Crippen LogP contribution in [0, 0.1) is 17.8 Å². The van der Waals surface area contributed by atoms with Gasteiger partial charge in [-0.05, 0) is 29.9 Å². The van der Waals surface area contributed by atoms with E-state index in [1.165, 1.54) is 18.7 Å². The highest BCUT2D eigenvalue weighted by Crippen LogP contribution is 2.30. The molecule has 3 atom stereocenters. The molecule has 2 nitrogen and oxygen atoms in total. The first-order valence-corrected chi connectivity index (χ1v) is 8.07. The van der Waals surface area contributed by atoms with E-state index in [4.69, 9.17) is 0 Å². The third-order valence-corrected chi connectivity index (χ3v) is 4.53. The third-order valence-electron chi connectivity index (χ3n) is 4.53. The molecule has 0 aliphatic carbocycles. The minimum Gasteiger partial charge on any atom is -0.315 e. The number of nitrogens with one attached hydrogen (secondary N) is 1. The quantitative estimate of drug-likeness (QED) is 0.853. The first-order chi connectivity index (χ1) is 9.58. The molecular weight excluding hydrogens is 244 g/mol. The van der Waals surface area contributed by atoms with E-state index >= 15 is 0 Å². The zero-order chi connectivity index (χ0) is 14.5. The monoisotopic (exact) mass is 274 g/mol. The van der Waals surface area contributed by atoms with Crippen LogP contribution in [0.2, 0.25) is 0 Å². The largest absolute Gasteiger partial charge is 0.315 e. The zero-order valence-corrected chi connectivity index (χ0v) is 13.5. The number of rotatable bonds is 6. The molecule has 0 radical (unpaired) electrons. The molecule has 1 aromatic carbocycles. The van der Waals surface area contributed by atoms with Crippen molar-refractivity contribution in [1.29, 1.82) is 0 Å². The molecule has 3 unspecified atom stereocenters. The Morgan fingerprint density at radius 1 is 1.05 bits per heavy atom. The van der Waals surface area contributed by atoms with Gasteiger partial charge < -0.3 is 5.32 Å². The van der Waals surface area contributed by atoms with Gasteiger partial charge in [0.1, 0.15) is 0 Å². The molecule has 1 N–H and O–H groups in total. The van der Waals surface area contributed by atoms with Gasteiger partial charge in [0.25, 0.3) is 0 Å². The van der Waals surface area contributed by atoms with Gasteiger partial charge in [0.05, 0.1) is 0 Å². The Hall–Kier alpha value is -0.860. The van der Waals surface area contributed by atoms with Crippen LogP contribution in [0.15, 0.2) is 30.3 Å². The van der Waals surface area contributed by atoms with Crippen molar-refractivity contribution in [3.8, 4) is 0 Å². The van der Waals surface area contributed by atoms with E-state index in [0.29, 0.717) is 12.0 Å². The van der Waals surface area contributed by atoms with Crippen molar-refractivity contribution in [3.05, 3.63) is 35.9 Å². The van der Waals surface area contributed by atoms with Crippen LogP contribution >= 0.6 is 0 Å². The van der Waals surface area contributed by atoms with E-state index in [1.807, 2.05) is 0 Å². The van der Waals surface area contributed by atoms with Crippen LogP contribution in [-0.4, -0.2) is 31.1 Å². The van der Waals surface area contributed by atoms with E-state index in [9.17, 15) is 0 Å². The summed E-state index contributed by atoms with van der Waals surface area (Å²) >= 11 is 0. The Labute approximate surface area is 124 Å². The SMILES string of the molecule is CC(C)CNCC(c1ccccc1)N1CC(C)C(C)C1. The summed E-state index contributed by atoms with van der Waals surface area (Å²) in [6.07, 6.45) is 0. The molecule has 2 heteroatoms. The fraction of sp³-hybridized carbons (Fsp3) is 0.667. The lowest BCUT2D eigenvalue weighted by atomic mass is 10.0. The average Bonchev–Trinajstić information content (AvgIpc) is 2.75. The fourth-order valence-corrected chi connectivity index (χ4v) is 3.07. The van der Waals surface area contributed by atoms with Gasteiger partial charge in [-0.2, -0.15) is 0 Å². The van der Waals surface area contributed by atoms with Crippen LogP contribution in [-0.2, 0) is 0 Å². The van der Waals surface area contributed by atoms with Crippen LogP contribution in [0.5, 0.6) is 0 Å². The Bertz CT molecular complexity index is 378. The minimum absolute atomic E-state index is 0.516. The molecule has 0 spiro atoms. The second kappa shape index (κ2) is 7.24. The van der Waals surface area contributed by atoms with Crippen LogP contribution < -0.4 is 5.32 Å². The maximum Gasteiger partial charge on any atom is 0.0472 e. The molecule has 1 aromatic rings. The fourth-order valence-electron chi connectivity index (χ4n) is 3.07. The van der Waals surface area contributed by atoms with Crippen molar-refractivity contribution < 1.29 is 0 Å². The second-order valence-electron chi connectivity index (χ2n) is 6.89. The maximum atomic E-state index is 3.65. The molecule has 112 valence electrons. The summed E-state index contributed by atoms with van der Waals surface area (Å²) in [6.45, 7) is 13.9. The van der Waals surface area contributed by atoms with E-state index < -0.39 is 0 Å². The molecule has 1 saturated heterocycles. The highest BCUT2D eigenvalue weighted by Gasteiger charge is 2.31. The number of hydrogen-bond donors (Lipinski definition) is 1. The number of nitrogens with zero attached hydrogens (tertiary/aromatic N) is 1. The molecule has 1 fully saturated rings. The number of hydrogen-bond acceptors (Lipinski definition) is 2. The van der Waals surface area contributed by atoms with Gasteiger partial charge in [0, 0.05) is 25.7 Å². The van der Waals surface area contributed by atoms with Crippen molar-refractivity contribution in [3.63, 3.8) is 0 Å². The molecule has 1 heterocycles. The van der Waals surface area contributed by atoms with Crippen LogP contribution in [0.4, 0.5) is 0 Å². The Morgan fingerprint density at radius 2 is 1.65 bits per heavy atom. The summed E-state index contributed by atoms with van der Waals surface area (Å²) in [7, 11) is 0. The summed E-state index contributed by atoms with van der Waals surface area (Å²) < 4.78 is 0. The van der Waals surface area contributed by atoms with E-state index in [0.717, 1.165) is 24.9 Å². The molecule has 0 bridgehead atoms. The predicted molar refractivity (Wildman–Crippen MR) is 86.8 cm³/mol. The lowest BCUT2D eigenvalue weighted by molar-refractivity contribution is 0.226. The van der Waals surface area contributed by atoms with E-state index in [-0.39, 0.29) is 0 Å². The summed E-state index contributed by atoms with van der Waals surface area (Å²) in [5, 5.41) is 3.65. The Morgan fingerprint density at radius 3 is 2.20 bits per heavy atom. The van der Waals surface area contributed by atoms with Gasteiger partial charge >= 0.3 is 0 Å². The van der Waals surface area contributed by atoms with Crippen LogP contribution in [0.3, 0.4) is 0 Å². The minimum atomic E-state index is 0.516. The van der Waals surface area contributed by atoms with Crippen molar-refractivity contribution in [2.45, 2.75) is 33.7 Å². The van der Waals surface area contributed by atoms with Gasteiger partial charge in [0.2, 0.25) is 0 Å². The van der Waals surface area contributed by atoms with Crippen molar-refractivity contribution in [2.75, 3.05) is 26.2 Å². The summed E-state index contributed by atoms with van der Waals surface area (Å²) in [5.74, 6) is 2.33. The van der Waals surface area contributed by atoms with Gasteiger partial charge in [-0.15, -0.1) is 0 Å². The first-order valence-electron chi connectivity index (χ1n) is 8.07. The lowest BCUT2D eigenvalue weighted by Crippen LogP contribution is -2.36. The van der Waals surface area contributed by atoms with Gasteiger partial charge in [-0.3, -0.25) is 4.90 Å². The highest BCUT2D eigenvalue weighted by molar-refractivity contribution is 5.20. The molecule has 0 saturated carbocycles. The molecular formula is C18H30N2. The van der Waals surface area contributed by atoms with Crippen LogP contribution in [0.1, 0.15) is 39.3 Å². The summed E-state index contributed by atoms with van der Waals surface area (Å²) in [6, 6.07) is 11.5.